The summed E-state index contributed by atoms with van der Waals surface area (Å²) >= 11 is 0. The Morgan fingerprint density at radius 1 is 0.971 bits per heavy atom. The summed E-state index contributed by atoms with van der Waals surface area (Å²) in [4.78, 5) is 17.1. The molecule has 7 rings (SSSR count). The van der Waals surface area contributed by atoms with Gasteiger partial charge < -0.3 is 14.6 Å². The van der Waals surface area contributed by atoms with Gasteiger partial charge in [0, 0.05) is 36.8 Å². The molecular weight excluding hydrogens is 438 g/mol. The van der Waals surface area contributed by atoms with Crippen molar-refractivity contribution in [2.24, 2.45) is 5.92 Å². The Labute approximate surface area is 204 Å². The highest BCUT2D eigenvalue weighted by Crippen LogP contribution is 2.55. The molecule has 0 spiro atoms. The monoisotopic (exact) mass is 465 g/mol. The molecule has 6 heteroatoms. The van der Waals surface area contributed by atoms with E-state index in [0.717, 1.165) is 17.7 Å². The third kappa shape index (κ3) is 3.99. The highest BCUT2D eigenvalue weighted by molar-refractivity contribution is 5.76. The highest BCUT2D eigenvalue weighted by atomic mass is 16.5. The molecule has 1 unspecified atom stereocenters. The first-order valence-electron chi connectivity index (χ1n) is 12.1. The number of hydrogen-bond acceptors (Lipinski definition) is 5. The van der Waals surface area contributed by atoms with Crippen molar-refractivity contribution >= 4 is 5.91 Å². The highest BCUT2D eigenvalue weighted by Gasteiger charge is 2.42. The van der Waals surface area contributed by atoms with E-state index in [0.29, 0.717) is 48.9 Å². The van der Waals surface area contributed by atoms with E-state index in [1.54, 1.807) is 7.11 Å². The van der Waals surface area contributed by atoms with Crippen molar-refractivity contribution < 1.29 is 14.1 Å². The molecule has 1 amide bonds. The van der Waals surface area contributed by atoms with E-state index in [1.165, 1.54) is 22.3 Å². The van der Waals surface area contributed by atoms with Crippen molar-refractivity contribution in [1.82, 2.24) is 15.5 Å². The van der Waals surface area contributed by atoms with E-state index < -0.39 is 0 Å². The Morgan fingerprint density at radius 3 is 2.29 bits per heavy atom. The minimum absolute atomic E-state index is 0.0113. The number of aryl methyl sites for hydroxylation is 1. The van der Waals surface area contributed by atoms with Gasteiger partial charge in [0.2, 0.25) is 17.6 Å². The molecule has 0 radical (unpaired) electrons. The molecule has 3 aromatic carbocycles. The van der Waals surface area contributed by atoms with Crippen molar-refractivity contribution in [3.8, 4) is 17.1 Å². The Balaban J connectivity index is 1.08. The second kappa shape index (κ2) is 9.02. The minimum Gasteiger partial charge on any atom is -0.497 e. The number of methoxy groups -OCH3 is 1. The summed E-state index contributed by atoms with van der Waals surface area (Å²) in [6.07, 6.45) is 1.80. The van der Waals surface area contributed by atoms with Gasteiger partial charge in [-0.2, -0.15) is 4.98 Å². The fraction of sp³-hybridized carbons (Fsp3) is 0.276. The molecule has 2 bridgehead atoms. The average Bonchev–Trinajstić information content (AvgIpc) is 3.40. The third-order valence-electron chi connectivity index (χ3n) is 7.37. The van der Waals surface area contributed by atoms with Crippen LogP contribution in [0.25, 0.3) is 11.4 Å². The van der Waals surface area contributed by atoms with E-state index in [2.05, 4.69) is 64.0 Å². The number of nitrogens with zero attached hydrogens (tertiary/aromatic N) is 2. The topological polar surface area (TPSA) is 77.2 Å². The van der Waals surface area contributed by atoms with Gasteiger partial charge in [-0.1, -0.05) is 53.7 Å². The SMILES string of the molecule is COc1ccc(-c2noc(CCC(=O)NCC3CC4c5ccccc5C3c3ccccc34)n2)cc1. The van der Waals surface area contributed by atoms with Crippen molar-refractivity contribution in [2.75, 3.05) is 13.7 Å². The molecule has 4 aromatic rings. The van der Waals surface area contributed by atoms with Crippen LogP contribution in [0, 0.1) is 5.92 Å². The zero-order chi connectivity index (χ0) is 23.8. The fourth-order valence-electron chi connectivity index (χ4n) is 5.73. The van der Waals surface area contributed by atoms with E-state index in [9.17, 15) is 4.79 Å². The number of aromatic nitrogens is 2. The third-order valence-corrected chi connectivity index (χ3v) is 7.37. The largest absolute Gasteiger partial charge is 0.497 e. The maximum atomic E-state index is 12.7. The number of carbonyl (C=O) groups excluding carboxylic acids is 1. The summed E-state index contributed by atoms with van der Waals surface area (Å²) in [5, 5.41) is 7.23. The summed E-state index contributed by atoms with van der Waals surface area (Å²) < 4.78 is 10.6. The molecule has 1 N–H and O–H groups in total. The number of benzene rings is 3. The molecule has 0 saturated carbocycles. The van der Waals surface area contributed by atoms with Crippen molar-refractivity contribution in [3.63, 3.8) is 0 Å². The molecule has 1 heterocycles. The van der Waals surface area contributed by atoms with E-state index in [4.69, 9.17) is 9.26 Å². The molecule has 0 saturated heterocycles. The van der Waals surface area contributed by atoms with Crippen LogP contribution in [0.1, 0.15) is 52.8 Å². The van der Waals surface area contributed by atoms with Gasteiger partial charge in [-0.25, -0.2) is 0 Å². The van der Waals surface area contributed by atoms with Gasteiger partial charge in [-0.05, 0) is 58.9 Å². The van der Waals surface area contributed by atoms with Crippen LogP contribution in [0.2, 0.25) is 0 Å². The van der Waals surface area contributed by atoms with Gasteiger partial charge in [0.15, 0.2) is 0 Å². The number of fused-ring (bicyclic) bond motifs is 1. The predicted molar refractivity (Wildman–Crippen MR) is 132 cm³/mol. The van der Waals surface area contributed by atoms with Crippen LogP contribution in [-0.4, -0.2) is 29.7 Å². The number of nitrogens with one attached hydrogen (secondary N) is 1. The first-order valence-corrected chi connectivity index (χ1v) is 12.1. The lowest BCUT2D eigenvalue weighted by Crippen LogP contribution is -2.39. The van der Waals surface area contributed by atoms with E-state index in [1.807, 2.05) is 24.3 Å². The summed E-state index contributed by atoms with van der Waals surface area (Å²) in [6.45, 7) is 0.670. The Bertz CT molecular complexity index is 1310. The molecular formula is C29H27N3O3. The van der Waals surface area contributed by atoms with Crippen LogP contribution in [-0.2, 0) is 11.2 Å². The molecule has 3 aliphatic carbocycles. The maximum absolute atomic E-state index is 12.7. The van der Waals surface area contributed by atoms with Crippen LogP contribution in [0.4, 0.5) is 0 Å². The second-order valence-electron chi connectivity index (χ2n) is 9.33. The summed E-state index contributed by atoms with van der Waals surface area (Å²) in [5.74, 6) is 2.88. The molecule has 6 nitrogen and oxygen atoms in total. The minimum atomic E-state index is 0.0113. The molecule has 0 aliphatic heterocycles. The summed E-state index contributed by atoms with van der Waals surface area (Å²) in [6, 6.07) is 25.0. The first kappa shape index (κ1) is 21.6. The molecule has 3 aliphatic rings. The molecule has 35 heavy (non-hydrogen) atoms. The molecule has 1 aromatic heterocycles. The van der Waals surface area contributed by atoms with Crippen LogP contribution >= 0.6 is 0 Å². The van der Waals surface area contributed by atoms with Crippen LogP contribution in [0.5, 0.6) is 5.75 Å². The van der Waals surface area contributed by atoms with Gasteiger partial charge in [-0.3, -0.25) is 4.79 Å². The number of hydrogen-bond donors (Lipinski definition) is 1. The predicted octanol–water partition coefficient (Wildman–Crippen LogP) is 5.09. The van der Waals surface area contributed by atoms with Gasteiger partial charge >= 0.3 is 0 Å². The van der Waals surface area contributed by atoms with Crippen LogP contribution in [0.15, 0.2) is 77.3 Å². The van der Waals surface area contributed by atoms with Gasteiger partial charge in [0.25, 0.3) is 0 Å². The number of amides is 1. The summed E-state index contributed by atoms with van der Waals surface area (Å²) in [7, 11) is 1.63. The Hall–Kier alpha value is -3.93. The maximum Gasteiger partial charge on any atom is 0.227 e. The number of rotatable bonds is 7. The van der Waals surface area contributed by atoms with Crippen molar-refractivity contribution in [2.45, 2.75) is 31.1 Å². The van der Waals surface area contributed by atoms with E-state index in [-0.39, 0.29) is 5.91 Å². The lowest BCUT2D eigenvalue weighted by molar-refractivity contribution is -0.121. The summed E-state index contributed by atoms with van der Waals surface area (Å²) in [5.41, 5.74) is 6.57. The van der Waals surface area contributed by atoms with Crippen LogP contribution in [0.3, 0.4) is 0 Å². The normalized spacial score (nSPS) is 19.6. The van der Waals surface area contributed by atoms with E-state index >= 15 is 0 Å². The quantitative estimate of drug-likeness (QED) is 0.411. The lowest BCUT2D eigenvalue weighted by Gasteiger charge is -2.45. The first-order chi connectivity index (χ1) is 17.2. The van der Waals surface area contributed by atoms with Gasteiger partial charge in [0.05, 0.1) is 7.11 Å². The molecule has 176 valence electrons. The number of carbonyl (C=O) groups is 1. The van der Waals surface area contributed by atoms with Crippen molar-refractivity contribution in [1.29, 1.82) is 0 Å². The fourth-order valence-corrected chi connectivity index (χ4v) is 5.73. The average molecular weight is 466 g/mol. The Morgan fingerprint density at radius 2 is 1.63 bits per heavy atom. The van der Waals surface area contributed by atoms with Crippen LogP contribution < -0.4 is 10.1 Å². The standard InChI is InChI=1S/C29H27N3O3/c1-34-20-12-10-18(11-13-20)29-31-27(35-32-29)15-14-26(33)30-17-19-16-25-21-6-2-4-8-23(21)28(19)24-9-5-3-7-22(24)25/h2-13,19,25,28H,14-17H2,1H3,(H,30,33). The van der Waals surface area contributed by atoms with Gasteiger partial charge in [0.1, 0.15) is 5.75 Å². The molecule has 0 fully saturated rings. The zero-order valence-corrected chi connectivity index (χ0v) is 19.6. The smallest absolute Gasteiger partial charge is 0.227 e. The van der Waals surface area contributed by atoms with Crippen molar-refractivity contribution in [3.05, 3.63) is 101 Å². The second-order valence-corrected chi connectivity index (χ2v) is 9.33. The lowest BCUT2D eigenvalue weighted by atomic mass is 9.59. The Kier molecular flexibility index (Phi) is 5.57. The van der Waals surface area contributed by atoms with Gasteiger partial charge in [-0.15, -0.1) is 0 Å². The molecule has 1 atom stereocenters. The number of ether oxygens (including phenoxy) is 1. The zero-order valence-electron chi connectivity index (χ0n) is 19.6.